The summed E-state index contributed by atoms with van der Waals surface area (Å²) in [6.45, 7) is 2.71. The maximum absolute atomic E-state index is 13.5. The highest BCUT2D eigenvalue weighted by molar-refractivity contribution is 7.89. The predicted octanol–water partition coefficient (Wildman–Crippen LogP) is 1.81. The summed E-state index contributed by atoms with van der Waals surface area (Å²) < 4.78 is 52.9. The van der Waals surface area contributed by atoms with Crippen molar-refractivity contribution in [1.29, 1.82) is 0 Å². The van der Waals surface area contributed by atoms with Gasteiger partial charge in [0.25, 0.3) is 0 Å². The van der Waals surface area contributed by atoms with Crippen molar-refractivity contribution in [2.75, 3.05) is 6.54 Å². The molecule has 2 N–H and O–H groups in total. The van der Waals surface area contributed by atoms with E-state index < -0.39 is 26.6 Å². The summed E-state index contributed by atoms with van der Waals surface area (Å²) in [5, 5.41) is 3.15. The molecule has 1 heterocycles. The summed E-state index contributed by atoms with van der Waals surface area (Å²) in [6, 6.07) is 2.13. The van der Waals surface area contributed by atoms with Crippen LogP contribution in [-0.2, 0) is 10.0 Å². The van der Waals surface area contributed by atoms with Crippen LogP contribution in [0.1, 0.15) is 19.8 Å². The van der Waals surface area contributed by atoms with Crippen molar-refractivity contribution in [3.63, 3.8) is 0 Å². The number of hydrogen-bond donors (Lipinski definition) is 2. The molecule has 0 aliphatic carbocycles. The molecule has 0 bridgehead atoms. The van der Waals surface area contributed by atoms with Crippen molar-refractivity contribution in [1.82, 2.24) is 10.0 Å². The van der Waals surface area contributed by atoms with Gasteiger partial charge >= 0.3 is 0 Å². The Balaban J connectivity index is 0.00000200. The first-order valence-electron chi connectivity index (χ1n) is 6.11. The van der Waals surface area contributed by atoms with E-state index in [9.17, 15) is 17.2 Å². The lowest BCUT2D eigenvalue weighted by molar-refractivity contribution is 0.348. The summed E-state index contributed by atoms with van der Waals surface area (Å²) in [7, 11) is -3.97. The fourth-order valence-corrected chi connectivity index (χ4v) is 3.57. The zero-order valence-corrected chi connectivity index (χ0v) is 12.5. The van der Waals surface area contributed by atoms with Crippen LogP contribution in [0.3, 0.4) is 0 Å². The lowest BCUT2D eigenvalue weighted by Gasteiger charge is -2.30. The topological polar surface area (TPSA) is 58.2 Å². The molecule has 1 aliphatic rings. The highest BCUT2D eigenvalue weighted by Crippen LogP contribution is 2.18. The first kappa shape index (κ1) is 17.3. The summed E-state index contributed by atoms with van der Waals surface area (Å²) in [5.74, 6) is -1.88. The minimum absolute atomic E-state index is 0. The van der Waals surface area contributed by atoms with Gasteiger partial charge in [-0.05, 0) is 38.4 Å². The third-order valence-corrected chi connectivity index (χ3v) is 4.77. The minimum Gasteiger partial charge on any atom is -0.313 e. The average molecular weight is 327 g/mol. The lowest BCUT2D eigenvalue weighted by atomic mass is 10.0. The third-order valence-electron chi connectivity index (χ3n) is 3.25. The number of halogens is 3. The number of sulfonamides is 1. The molecule has 20 heavy (non-hydrogen) atoms. The second-order valence-corrected chi connectivity index (χ2v) is 6.37. The Hall–Kier alpha value is -0.760. The molecule has 1 aromatic rings. The van der Waals surface area contributed by atoms with E-state index in [0.29, 0.717) is 12.5 Å². The highest BCUT2D eigenvalue weighted by Gasteiger charge is 2.28. The molecule has 4 nitrogen and oxygen atoms in total. The van der Waals surface area contributed by atoms with Crippen LogP contribution in [0, 0.1) is 11.6 Å². The number of hydrogen-bond acceptors (Lipinski definition) is 3. The zero-order chi connectivity index (χ0) is 14.0. The second kappa shape index (κ2) is 6.80. The average Bonchev–Trinajstić information content (AvgIpc) is 2.31. The fraction of sp³-hybridized carbons (Fsp3) is 0.500. The van der Waals surface area contributed by atoms with Crippen molar-refractivity contribution < 1.29 is 17.2 Å². The van der Waals surface area contributed by atoms with E-state index in [0.717, 1.165) is 25.1 Å². The summed E-state index contributed by atoms with van der Waals surface area (Å²) in [4.78, 5) is -0.522. The molecule has 2 atom stereocenters. The van der Waals surface area contributed by atoms with Gasteiger partial charge in [0.05, 0.1) is 0 Å². The molecule has 0 radical (unpaired) electrons. The summed E-state index contributed by atoms with van der Waals surface area (Å²) in [6.07, 6.45) is 1.54. The first-order valence-corrected chi connectivity index (χ1v) is 7.59. The van der Waals surface area contributed by atoms with Gasteiger partial charge in [-0.3, -0.25) is 0 Å². The Bertz CT molecular complexity index is 569. The van der Waals surface area contributed by atoms with Gasteiger partial charge in [-0.1, -0.05) is 0 Å². The Kier molecular flexibility index (Phi) is 5.88. The Morgan fingerprint density at radius 2 is 2.05 bits per heavy atom. The smallest absolute Gasteiger partial charge is 0.243 e. The third kappa shape index (κ3) is 3.88. The van der Waals surface area contributed by atoms with Gasteiger partial charge in [0.1, 0.15) is 16.5 Å². The Morgan fingerprint density at radius 3 is 2.65 bits per heavy atom. The molecule has 8 heteroatoms. The van der Waals surface area contributed by atoms with Crippen molar-refractivity contribution in [3.05, 3.63) is 29.8 Å². The maximum atomic E-state index is 13.5. The van der Waals surface area contributed by atoms with E-state index in [1.807, 2.05) is 6.92 Å². The van der Waals surface area contributed by atoms with Gasteiger partial charge in [-0.2, -0.15) is 0 Å². The molecular weight excluding hydrogens is 310 g/mol. The number of benzene rings is 1. The molecule has 114 valence electrons. The normalized spacial score (nSPS) is 23.1. The molecule has 1 aliphatic heterocycles. The number of piperidine rings is 1. The van der Waals surface area contributed by atoms with Crippen LogP contribution in [0.2, 0.25) is 0 Å². The molecule has 2 unspecified atom stereocenters. The Morgan fingerprint density at radius 1 is 1.35 bits per heavy atom. The van der Waals surface area contributed by atoms with Gasteiger partial charge in [0.2, 0.25) is 10.0 Å². The molecule has 0 aromatic heterocycles. The molecule has 2 rings (SSSR count). The highest BCUT2D eigenvalue weighted by atomic mass is 35.5. The van der Waals surface area contributed by atoms with E-state index in [4.69, 9.17) is 0 Å². The van der Waals surface area contributed by atoms with Crippen molar-refractivity contribution in [2.45, 2.75) is 36.7 Å². The maximum Gasteiger partial charge on any atom is 0.243 e. The Labute approximate surface area is 123 Å². The molecule has 1 fully saturated rings. The molecule has 1 saturated heterocycles. The van der Waals surface area contributed by atoms with Gasteiger partial charge in [-0.25, -0.2) is 21.9 Å². The van der Waals surface area contributed by atoms with Crippen LogP contribution in [-0.4, -0.2) is 27.0 Å². The first-order chi connectivity index (χ1) is 8.90. The number of nitrogens with one attached hydrogen (secondary N) is 2. The van der Waals surface area contributed by atoms with Crippen molar-refractivity contribution >= 4 is 22.4 Å². The van der Waals surface area contributed by atoms with Crippen LogP contribution in [0.4, 0.5) is 8.78 Å². The fourth-order valence-electron chi connectivity index (χ4n) is 2.16. The molecule has 0 amide bonds. The summed E-state index contributed by atoms with van der Waals surface area (Å²) >= 11 is 0. The van der Waals surface area contributed by atoms with E-state index in [-0.39, 0.29) is 24.5 Å². The van der Waals surface area contributed by atoms with Crippen LogP contribution < -0.4 is 10.0 Å². The minimum atomic E-state index is -3.97. The standard InChI is InChI=1S/C12H16F2N2O2S.ClH/c1-8-11(3-2-6-15-8)16-19(17,18)12-5-4-9(13)7-10(12)14;/h4-5,7-8,11,15-16H,2-3,6H2,1H3;1H. The molecule has 0 spiro atoms. The van der Waals surface area contributed by atoms with Crippen LogP contribution in [0.25, 0.3) is 0 Å². The zero-order valence-electron chi connectivity index (χ0n) is 10.9. The quantitative estimate of drug-likeness (QED) is 0.890. The van der Waals surface area contributed by atoms with Gasteiger partial charge in [0, 0.05) is 18.2 Å². The van der Waals surface area contributed by atoms with Gasteiger partial charge in [0.15, 0.2) is 0 Å². The van der Waals surface area contributed by atoms with E-state index in [1.54, 1.807) is 0 Å². The molecule has 1 aromatic carbocycles. The van der Waals surface area contributed by atoms with Crippen molar-refractivity contribution in [2.24, 2.45) is 0 Å². The largest absolute Gasteiger partial charge is 0.313 e. The van der Waals surface area contributed by atoms with E-state index in [2.05, 4.69) is 10.0 Å². The monoisotopic (exact) mass is 326 g/mol. The number of rotatable bonds is 3. The second-order valence-electron chi connectivity index (χ2n) is 4.69. The lowest BCUT2D eigenvalue weighted by Crippen LogP contribution is -2.51. The molecule has 0 saturated carbocycles. The van der Waals surface area contributed by atoms with E-state index >= 15 is 0 Å². The van der Waals surface area contributed by atoms with Crippen LogP contribution in [0.5, 0.6) is 0 Å². The molecular formula is C12H17ClF2N2O2S. The van der Waals surface area contributed by atoms with Gasteiger partial charge in [-0.15, -0.1) is 12.4 Å². The summed E-state index contributed by atoms with van der Waals surface area (Å²) in [5.41, 5.74) is 0. The van der Waals surface area contributed by atoms with E-state index in [1.165, 1.54) is 0 Å². The van der Waals surface area contributed by atoms with Gasteiger partial charge < -0.3 is 5.32 Å². The van der Waals surface area contributed by atoms with Crippen LogP contribution >= 0.6 is 12.4 Å². The van der Waals surface area contributed by atoms with Crippen molar-refractivity contribution in [3.8, 4) is 0 Å². The van der Waals surface area contributed by atoms with Crippen LogP contribution in [0.15, 0.2) is 23.1 Å². The predicted molar refractivity (Wildman–Crippen MR) is 74.4 cm³/mol. The SMILES string of the molecule is CC1NCCCC1NS(=O)(=O)c1ccc(F)cc1F.Cl.